The molecule has 0 N–H and O–H groups in total. The maximum Gasteiger partial charge on any atom is 0.306 e. The maximum absolute atomic E-state index is 12.7. The van der Waals surface area contributed by atoms with Gasteiger partial charge in [-0.15, -0.1) is 0 Å². The molecule has 0 fully saturated rings. The second-order valence-electron chi connectivity index (χ2n) is 14.2. The van der Waals surface area contributed by atoms with Crippen LogP contribution in [0.1, 0.15) is 142 Å². The van der Waals surface area contributed by atoms with E-state index in [0.717, 1.165) is 70.6 Å². The lowest BCUT2D eigenvalue weighted by Gasteiger charge is -2.26. The lowest BCUT2D eigenvalue weighted by molar-refractivity contribution is -0.870. The zero-order valence-corrected chi connectivity index (χ0v) is 33.0. The Hall–Kier alpha value is -2.75. The van der Waals surface area contributed by atoms with Crippen LogP contribution in [0.5, 0.6) is 0 Å². The predicted octanol–water partition coefficient (Wildman–Crippen LogP) is 8.32. The normalized spacial score (nSPS) is 13.5. The molecule has 0 saturated heterocycles. The van der Waals surface area contributed by atoms with Crippen molar-refractivity contribution in [2.45, 2.75) is 155 Å². The van der Waals surface area contributed by atoms with Crippen molar-refractivity contribution >= 4 is 17.9 Å². The maximum atomic E-state index is 12.7. The number of ether oxygens (including phenoxy) is 4. The summed E-state index contributed by atoms with van der Waals surface area (Å²) in [5.41, 5.74) is 0. The number of carbonyl (C=O) groups excluding carboxylic acids is 3. The monoisotopic (exact) mass is 720 g/mol. The molecule has 0 aliphatic rings. The van der Waals surface area contributed by atoms with Crippen LogP contribution in [0.25, 0.3) is 0 Å². The summed E-state index contributed by atoms with van der Waals surface area (Å²) in [6.07, 6.45) is 34.3. The Kier molecular flexibility index (Phi) is 32.5. The Balaban J connectivity index is 4.55. The van der Waals surface area contributed by atoms with Crippen LogP contribution in [0.15, 0.2) is 48.6 Å². The number of quaternary nitrogens is 1. The van der Waals surface area contributed by atoms with Gasteiger partial charge in [-0.3, -0.25) is 9.59 Å². The van der Waals surface area contributed by atoms with Crippen LogP contribution in [0, 0.1) is 0 Å². The molecule has 0 radical (unpaired) electrons. The summed E-state index contributed by atoms with van der Waals surface area (Å²) >= 11 is 0. The van der Waals surface area contributed by atoms with Crippen LogP contribution in [0.2, 0.25) is 0 Å². The Bertz CT molecular complexity index is 982. The molecule has 51 heavy (non-hydrogen) atoms. The molecule has 9 nitrogen and oxygen atoms in total. The Labute approximate surface area is 311 Å². The number of allylic oxidation sites excluding steroid dienone is 8. The van der Waals surface area contributed by atoms with Crippen molar-refractivity contribution in [2.24, 2.45) is 0 Å². The Morgan fingerprint density at radius 3 is 1.67 bits per heavy atom. The van der Waals surface area contributed by atoms with Gasteiger partial charge in [0, 0.05) is 12.8 Å². The van der Waals surface area contributed by atoms with Crippen molar-refractivity contribution in [3.8, 4) is 0 Å². The summed E-state index contributed by atoms with van der Waals surface area (Å²) in [6.45, 7) is 4.54. The van der Waals surface area contributed by atoms with Crippen molar-refractivity contribution in [1.82, 2.24) is 0 Å². The quantitative estimate of drug-likeness (QED) is 0.0211. The van der Waals surface area contributed by atoms with E-state index < -0.39 is 24.3 Å². The summed E-state index contributed by atoms with van der Waals surface area (Å²) in [5.74, 6) is -2.33. The highest BCUT2D eigenvalue weighted by atomic mass is 16.7. The molecule has 0 aliphatic heterocycles. The van der Waals surface area contributed by atoms with E-state index in [1.165, 1.54) is 38.5 Å². The smallest absolute Gasteiger partial charge is 0.306 e. The fourth-order valence-corrected chi connectivity index (χ4v) is 4.99. The van der Waals surface area contributed by atoms with E-state index in [4.69, 9.17) is 18.9 Å². The number of carbonyl (C=O) groups is 3. The van der Waals surface area contributed by atoms with Crippen LogP contribution in [-0.2, 0) is 33.3 Å². The first-order chi connectivity index (χ1) is 24.6. The first-order valence-corrected chi connectivity index (χ1v) is 19.8. The van der Waals surface area contributed by atoms with Crippen molar-refractivity contribution in [1.29, 1.82) is 0 Å². The number of esters is 2. The van der Waals surface area contributed by atoms with Crippen LogP contribution in [-0.4, -0.2) is 82.3 Å². The van der Waals surface area contributed by atoms with Crippen molar-refractivity contribution < 1.29 is 42.9 Å². The number of aliphatic carboxylic acids is 1. The van der Waals surface area contributed by atoms with E-state index in [9.17, 15) is 19.5 Å². The van der Waals surface area contributed by atoms with E-state index in [2.05, 4.69) is 62.5 Å². The van der Waals surface area contributed by atoms with Gasteiger partial charge < -0.3 is 33.3 Å². The molecule has 9 heteroatoms. The third-order valence-electron chi connectivity index (χ3n) is 8.09. The average molecular weight is 720 g/mol. The number of rotatable bonds is 35. The van der Waals surface area contributed by atoms with E-state index in [1.807, 2.05) is 21.1 Å². The minimum Gasteiger partial charge on any atom is -0.545 e. The third kappa shape index (κ3) is 35.4. The number of hydrogen-bond donors (Lipinski definition) is 0. The summed E-state index contributed by atoms with van der Waals surface area (Å²) in [6, 6.07) is 0. The average Bonchev–Trinajstić information content (AvgIpc) is 3.08. The lowest BCUT2D eigenvalue weighted by Crippen LogP contribution is -2.44. The molecule has 0 heterocycles. The van der Waals surface area contributed by atoms with Crippen LogP contribution in [0.3, 0.4) is 0 Å². The van der Waals surface area contributed by atoms with Crippen LogP contribution >= 0.6 is 0 Å². The van der Waals surface area contributed by atoms with Gasteiger partial charge in [-0.1, -0.05) is 127 Å². The van der Waals surface area contributed by atoms with Gasteiger partial charge in [-0.2, -0.15) is 0 Å². The van der Waals surface area contributed by atoms with Crippen molar-refractivity contribution in [2.75, 3.05) is 47.5 Å². The largest absolute Gasteiger partial charge is 0.545 e. The molecule has 0 bridgehead atoms. The summed E-state index contributed by atoms with van der Waals surface area (Å²) in [4.78, 5) is 36.7. The van der Waals surface area contributed by atoms with Gasteiger partial charge in [-0.05, 0) is 51.4 Å². The van der Waals surface area contributed by atoms with Crippen LogP contribution in [0.4, 0.5) is 0 Å². The Morgan fingerprint density at radius 2 is 1.12 bits per heavy atom. The lowest BCUT2D eigenvalue weighted by atomic mass is 10.1. The molecule has 0 aromatic carbocycles. The molecular weight excluding hydrogens is 646 g/mol. The van der Waals surface area contributed by atoms with Gasteiger partial charge >= 0.3 is 11.9 Å². The number of hydrogen-bond acceptors (Lipinski definition) is 8. The first kappa shape index (κ1) is 48.2. The van der Waals surface area contributed by atoms with Crippen molar-refractivity contribution in [3.05, 3.63) is 48.6 Å². The van der Waals surface area contributed by atoms with E-state index in [-0.39, 0.29) is 38.6 Å². The minimum absolute atomic E-state index is 0.141. The SMILES string of the molecule is CC/C=C\C/C=C\C/C=C\C/C=C\CCCCCCC(=O)OC(COC(=O)CCCCCCCCCCC)COC(OCC[N+](C)(C)C)C(=O)[O-]. The minimum atomic E-state index is -1.62. The number of unbranched alkanes of at least 4 members (excludes halogenated alkanes) is 12. The summed E-state index contributed by atoms with van der Waals surface area (Å²) in [5, 5.41) is 11.6. The van der Waals surface area contributed by atoms with Crippen LogP contribution < -0.4 is 5.11 Å². The van der Waals surface area contributed by atoms with Gasteiger partial charge in [0.15, 0.2) is 12.4 Å². The first-order valence-electron chi connectivity index (χ1n) is 19.8. The zero-order chi connectivity index (χ0) is 37.8. The standard InChI is InChI=1S/C42H73NO8/c1-6-8-10-12-14-16-17-18-19-20-21-22-23-25-27-29-31-33-40(45)51-38(37-50-42(41(46)47)48-35-34-43(3,4)5)36-49-39(44)32-30-28-26-24-15-13-11-9-7-2/h8,10,14,16,18-19,21-22,38,42H,6-7,9,11-13,15,17,20,23-37H2,1-5H3/b10-8-,16-14-,19-18-,22-21-. The van der Waals surface area contributed by atoms with Gasteiger partial charge in [0.25, 0.3) is 0 Å². The predicted molar refractivity (Wildman–Crippen MR) is 205 cm³/mol. The molecule has 294 valence electrons. The van der Waals surface area contributed by atoms with E-state index in [1.54, 1.807) is 0 Å². The Morgan fingerprint density at radius 1 is 0.608 bits per heavy atom. The van der Waals surface area contributed by atoms with E-state index in [0.29, 0.717) is 17.4 Å². The summed E-state index contributed by atoms with van der Waals surface area (Å²) in [7, 11) is 5.88. The highest BCUT2D eigenvalue weighted by Crippen LogP contribution is 2.12. The molecule has 2 atom stereocenters. The zero-order valence-electron chi connectivity index (χ0n) is 33.0. The second kappa shape index (κ2) is 34.3. The van der Waals surface area contributed by atoms with Gasteiger partial charge in [0.2, 0.25) is 0 Å². The second-order valence-corrected chi connectivity index (χ2v) is 14.2. The summed E-state index contributed by atoms with van der Waals surface area (Å²) < 4.78 is 22.4. The molecule has 0 aromatic heterocycles. The van der Waals surface area contributed by atoms with Gasteiger partial charge in [0.1, 0.15) is 13.2 Å². The molecule has 0 rings (SSSR count). The highest BCUT2D eigenvalue weighted by molar-refractivity contribution is 5.70. The molecule has 0 amide bonds. The molecule has 0 spiro atoms. The number of likely N-dealkylation sites (N-methyl/N-ethyl adjacent to an activating group) is 1. The topological polar surface area (TPSA) is 111 Å². The molecular formula is C42H73NO8. The molecule has 0 aromatic rings. The fourth-order valence-electron chi connectivity index (χ4n) is 4.99. The molecule has 2 unspecified atom stereocenters. The molecule has 0 aliphatic carbocycles. The third-order valence-corrected chi connectivity index (χ3v) is 8.09. The van der Waals surface area contributed by atoms with Gasteiger partial charge in [-0.25, -0.2) is 0 Å². The highest BCUT2D eigenvalue weighted by Gasteiger charge is 2.21. The number of carboxylic acids is 1. The van der Waals surface area contributed by atoms with E-state index >= 15 is 0 Å². The van der Waals surface area contributed by atoms with Gasteiger partial charge in [0.05, 0.1) is 40.3 Å². The fraction of sp³-hybridized carbons (Fsp3) is 0.738. The number of carboxylic acid groups (broad SMARTS) is 1. The van der Waals surface area contributed by atoms with Crippen molar-refractivity contribution in [3.63, 3.8) is 0 Å². The number of nitrogens with zero attached hydrogens (tertiary/aromatic N) is 1. The molecule has 0 saturated carbocycles.